The molecular weight excluding hydrogens is 653 g/mol. The lowest BCUT2D eigenvalue weighted by Crippen LogP contribution is -2.30. The van der Waals surface area contributed by atoms with Gasteiger partial charge in [-0.2, -0.15) is 0 Å². The molecule has 0 bridgehead atoms. The van der Waals surface area contributed by atoms with Gasteiger partial charge in [0.05, 0.1) is 31.4 Å². The van der Waals surface area contributed by atoms with Crippen LogP contribution in [0.2, 0.25) is 0 Å². The summed E-state index contributed by atoms with van der Waals surface area (Å²) in [6, 6.07) is 8.61. The molecule has 0 saturated heterocycles. The molecule has 0 spiro atoms. The predicted molar refractivity (Wildman–Crippen MR) is 205 cm³/mol. The van der Waals surface area contributed by atoms with Gasteiger partial charge in [-0.25, -0.2) is 0 Å². The maximum atomic E-state index is 14.0. The van der Waals surface area contributed by atoms with Crippen molar-refractivity contribution in [2.24, 2.45) is 17.8 Å². The Morgan fingerprint density at radius 3 is 2.46 bits per heavy atom. The van der Waals surface area contributed by atoms with Crippen molar-refractivity contribution >= 4 is 72.5 Å². The topological polar surface area (TPSA) is 61.1 Å². The maximum Gasteiger partial charge on any atom is 0.258 e. The van der Waals surface area contributed by atoms with Crippen LogP contribution in [0.4, 0.5) is 0 Å². The van der Waals surface area contributed by atoms with Crippen molar-refractivity contribution in [1.29, 1.82) is 0 Å². The number of hydrogen-bond donors (Lipinski definition) is 0. The molecule has 1 fully saturated rings. The number of thioether (sulfide) groups is 1. The second-order valence-corrected chi connectivity index (χ2v) is 16.6. The van der Waals surface area contributed by atoms with Crippen molar-refractivity contribution in [2.45, 2.75) is 84.8 Å². The van der Waals surface area contributed by atoms with Crippen LogP contribution in [-0.2, 0) is 24.1 Å². The van der Waals surface area contributed by atoms with Crippen LogP contribution in [0.5, 0.6) is 0 Å². The highest BCUT2D eigenvalue weighted by molar-refractivity contribution is 8.00. The highest BCUT2D eigenvalue weighted by Crippen LogP contribution is 2.47. The zero-order valence-electron chi connectivity index (χ0n) is 28.7. The number of unbranched alkanes of at least 4 members (excludes halogenated alkanes) is 1. The number of ketones is 1. The lowest BCUT2D eigenvalue weighted by Gasteiger charge is -2.31. The van der Waals surface area contributed by atoms with Gasteiger partial charge in [0, 0.05) is 39.1 Å². The molecule has 4 aromatic heterocycles. The zero-order valence-corrected chi connectivity index (χ0v) is 31.2. The number of fused-ring (bicyclic) bond motifs is 4. The summed E-state index contributed by atoms with van der Waals surface area (Å²) >= 11 is 5.10. The first kappa shape index (κ1) is 34.7. The van der Waals surface area contributed by atoms with Crippen molar-refractivity contribution in [2.75, 3.05) is 5.75 Å². The average molecular weight is 699 g/mol. The molecule has 2 aliphatic rings. The fraction of sp³-hybridized carbons (Fsp3) is 0.425. The van der Waals surface area contributed by atoms with Gasteiger partial charge in [0.25, 0.3) is 5.91 Å². The Labute approximate surface area is 296 Å². The highest BCUT2D eigenvalue weighted by Gasteiger charge is 2.38. The van der Waals surface area contributed by atoms with Crippen molar-refractivity contribution in [3.8, 4) is 0 Å². The number of nitrogens with zero attached hydrogens (tertiary/aromatic N) is 2. The zero-order chi connectivity index (χ0) is 34.1. The van der Waals surface area contributed by atoms with E-state index < -0.39 is 0 Å². The first-order chi connectivity index (χ1) is 23.2. The van der Waals surface area contributed by atoms with E-state index in [-0.39, 0.29) is 28.8 Å². The van der Waals surface area contributed by atoms with E-state index in [0.717, 1.165) is 79.9 Å². The van der Waals surface area contributed by atoms with Crippen LogP contribution < -0.4 is 0 Å². The van der Waals surface area contributed by atoms with Gasteiger partial charge >= 0.3 is 0 Å². The lowest BCUT2D eigenvalue weighted by atomic mass is 9.91. The minimum Gasteiger partial charge on any atom is -0.295 e. The van der Waals surface area contributed by atoms with E-state index in [4.69, 9.17) is 0 Å². The van der Waals surface area contributed by atoms with Crippen LogP contribution >= 0.6 is 34.4 Å². The Morgan fingerprint density at radius 1 is 1.02 bits per heavy atom. The van der Waals surface area contributed by atoms with Crippen LogP contribution in [0.25, 0.3) is 20.4 Å². The minimum atomic E-state index is -0.00485. The van der Waals surface area contributed by atoms with Crippen LogP contribution in [0.1, 0.15) is 96.3 Å². The maximum absolute atomic E-state index is 14.0. The van der Waals surface area contributed by atoms with E-state index in [2.05, 4.69) is 63.8 Å². The van der Waals surface area contributed by atoms with Gasteiger partial charge in [-0.15, -0.1) is 34.4 Å². The van der Waals surface area contributed by atoms with Crippen molar-refractivity contribution < 1.29 is 14.4 Å². The summed E-state index contributed by atoms with van der Waals surface area (Å²) in [5, 5.41) is -0.00485. The highest BCUT2D eigenvalue weighted by atomic mass is 32.2. The Kier molecular flexibility index (Phi) is 10.6. The second-order valence-electron chi connectivity index (χ2n) is 13.1. The normalized spacial score (nSPS) is 21.8. The number of carbonyl (C=O) groups excluding carboxylic acids is 3. The molecule has 5 nitrogen and oxygen atoms in total. The van der Waals surface area contributed by atoms with E-state index in [9.17, 15) is 14.4 Å². The third kappa shape index (κ3) is 6.81. The Balaban J connectivity index is 1.16. The number of carbonyl (C=O) groups is 3. The molecule has 4 atom stereocenters. The molecule has 6 rings (SSSR count). The summed E-state index contributed by atoms with van der Waals surface area (Å²) in [5.41, 5.74) is 5.79. The third-order valence-electron chi connectivity index (χ3n) is 9.82. The first-order valence-corrected chi connectivity index (χ1v) is 20.0. The van der Waals surface area contributed by atoms with E-state index in [1.807, 2.05) is 35.1 Å². The fourth-order valence-electron chi connectivity index (χ4n) is 7.09. The molecule has 0 N–H and O–H groups in total. The fourth-order valence-corrected chi connectivity index (χ4v) is 10.6. The number of aromatic nitrogens is 2. The number of thiophene rings is 2. The van der Waals surface area contributed by atoms with Gasteiger partial charge in [-0.05, 0) is 88.1 Å². The molecule has 48 heavy (non-hydrogen) atoms. The summed E-state index contributed by atoms with van der Waals surface area (Å²) in [5.74, 6) is 1.56. The Bertz CT molecular complexity index is 1980. The van der Waals surface area contributed by atoms with Gasteiger partial charge in [0.2, 0.25) is 5.91 Å². The summed E-state index contributed by atoms with van der Waals surface area (Å²) in [7, 11) is 0. The molecular formula is C40H46N2O3S3. The molecule has 1 aliphatic carbocycles. The van der Waals surface area contributed by atoms with Gasteiger partial charge in [0.15, 0.2) is 5.78 Å². The Morgan fingerprint density at radius 2 is 1.75 bits per heavy atom. The quantitative estimate of drug-likeness (QED) is 0.0747. The lowest BCUT2D eigenvalue weighted by molar-refractivity contribution is -0.114. The van der Waals surface area contributed by atoms with Crippen LogP contribution in [0, 0.1) is 17.8 Å². The molecule has 0 aromatic carbocycles. The van der Waals surface area contributed by atoms with Gasteiger partial charge in [0.1, 0.15) is 0 Å². The van der Waals surface area contributed by atoms with E-state index in [1.54, 1.807) is 40.5 Å². The van der Waals surface area contributed by atoms with Crippen LogP contribution in [0.3, 0.4) is 0 Å². The van der Waals surface area contributed by atoms with Crippen molar-refractivity contribution in [3.63, 3.8) is 0 Å². The smallest absolute Gasteiger partial charge is 0.258 e. The largest absolute Gasteiger partial charge is 0.295 e. The van der Waals surface area contributed by atoms with E-state index in [1.165, 1.54) is 4.88 Å². The standard InChI is InChI=1S/C40H46N2O3S3/c1-7-11-13-29-20-34-37(47-29)22-35-39(25(6)31(10-4)40(45)42(34)35)46-23-38(44)41-27(9-3)19-36-33(41)21-30(48-36)17-16-28(43)15-14-24(5)32-18-26(32)12-8-2/h8,10,12,14-15,19-22,25-26,32,39H,5,7,9,11,13,16-18,23H2,1-4,6H3/b12-8-,15-14+,31-10+/t25?,26-,32?,39-/m1/s1. The summed E-state index contributed by atoms with van der Waals surface area (Å²) in [6.45, 7) is 14.5. The third-order valence-corrected chi connectivity index (χ3v) is 13.5. The van der Waals surface area contributed by atoms with Gasteiger partial charge in [-0.3, -0.25) is 23.5 Å². The summed E-state index contributed by atoms with van der Waals surface area (Å²) in [4.78, 5) is 42.8. The van der Waals surface area contributed by atoms with Crippen molar-refractivity contribution in [3.05, 3.63) is 93.5 Å². The van der Waals surface area contributed by atoms with Crippen LogP contribution in [-0.4, -0.2) is 32.5 Å². The van der Waals surface area contributed by atoms with Gasteiger partial charge in [-0.1, -0.05) is 63.6 Å². The molecule has 0 radical (unpaired) electrons. The molecule has 2 unspecified atom stereocenters. The molecule has 4 aromatic rings. The van der Waals surface area contributed by atoms with Gasteiger partial charge < -0.3 is 0 Å². The number of aryl methyl sites for hydroxylation is 3. The predicted octanol–water partition coefficient (Wildman–Crippen LogP) is 10.8. The molecule has 252 valence electrons. The number of hydrogen-bond acceptors (Lipinski definition) is 6. The molecule has 8 heteroatoms. The molecule has 1 aliphatic heterocycles. The summed E-state index contributed by atoms with van der Waals surface area (Å²) in [6.07, 6.45) is 16.1. The summed E-state index contributed by atoms with van der Waals surface area (Å²) < 4.78 is 6.03. The monoisotopic (exact) mass is 698 g/mol. The first-order valence-electron chi connectivity index (χ1n) is 17.3. The SMILES string of the molecule is C=C(/C=C/C(=O)CCc1cc2c(cc(CC)n2C(=O)CS[C@H]2c3cc4sc(CCCC)cc4n3C(=O)/C(=C/C)C2C)s1)C1C[C@H]1/C=C\C. The minimum absolute atomic E-state index is 0.00193. The Hall–Kier alpha value is -3.20. The van der Waals surface area contributed by atoms with E-state index in [0.29, 0.717) is 30.4 Å². The van der Waals surface area contributed by atoms with E-state index >= 15 is 0 Å². The molecule has 1 saturated carbocycles. The van der Waals surface area contributed by atoms with Crippen LogP contribution in [0.15, 0.2) is 72.4 Å². The van der Waals surface area contributed by atoms with Crippen molar-refractivity contribution in [1.82, 2.24) is 9.13 Å². The second kappa shape index (κ2) is 14.7. The average Bonchev–Trinajstić information content (AvgIpc) is 3.32. The molecule has 5 heterocycles. The number of allylic oxidation sites excluding steroid dienone is 7. The molecule has 0 amide bonds. The number of rotatable bonds is 14.